The van der Waals surface area contributed by atoms with Crippen LogP contribution in [0.25, 0.3) is 21.3 Å². The molecule has 2 heterocycles. The van der Waals surface area contributed by atoms with E-state index in [0.717, 1.165) is 16.7 Å². The Balaban J connectivity index is 2.00. The molecule has 0 spiro atoms. The highest BCUT2D eigenvalue weighted by Gasteiger charge is 2.16. The number of benzene rings is 1. The van der Waals surface area contributed by atoms with Gasteiger partial charge in [0.1, 0.15) is 17.4 Å². The number of carbonyl (C=O) groups excluding carboxylic acids is 1. The van der Waals surface area contributed by atoms with Crippen molar-refractivity contribution >= 4 is 27.5 Å². The molecule has 0 aliphatic heterocycles. The molecule has 1 aromatic carbocycles. The molecule has 0 radical (unpaired) electrons. The summed E-state index contributed by atoms with van der Waals surface area (Å²) >= 11 is 1.39. The van der Waals surface area contributed by atoms with Gasteiger partial charge in [-0.2, -0.15) is 5.26 Å². The van der Waals surface area contributed by atoms with E-state index in [0.29, 0.717) is 10.2 Å². The summed E-state index contributed by atoms with van der Waals surface area (Å²) in [6, 6.07) is 9.68. The first-order valence-corrected chi connectivity index (χ1v) is 8.50. The Morgan fingerprint density at radius 1 is 1.40 bits per heavy atom. The number of hydrogen-bond donors (Lipinski definition) is 0. The van der Waals surface area contributed by atoms with Gasteiger partial charge in [0.25, 0.3) is 5.56 Å². The number of thiophene rings is 1. The average molecular weight is 353 g/mol. The van der Waals surface area contributed by atoms with Crippen LogP contribution in [0.4, 0.5) is 0 Å². The van der Waals surface area contributed by atoms with Gasteiger partial charge in [0.15, 0.2) is 6.10 Å². The van der Waals surface area contributed by atoms with Gasteiger partial charge < -0.3 is 4.74 Å². The minimum atomic E-state index is -0.857. The van der Waals surface area contributed by atoms with Gasteiger partial charge >= 0.3 is 5.97 Å². The lowest BCUT2D eigenvalue weighted by Gasteiger charge is -2.08. The topological polar surface area (TPSA) is 85.0 Å². The first kappa shape index (κ1) is 16.9. The molecule has 2 aromatic heterocycles. The van der Waals surface area contributed by atoms with Crippen LogP contribution in [0.2, 0.25) is 0 Å². The zero-order valence-electron chi connectivity index (χ0n) is 13.7. The summed E-state index contributed by atoms with van der Waals surface area (Å²) in [5.41, 5.74) is 2.55. The summed E-state index contributed by atoms with van der Waals surface area (Å²) in [6.45, 7) is 3.19. The van der Waals surface area contributed by atoms with E-state index in [1.54, 1.807) is 0 Å². The van der Waals surface area contributed by atoms with E-state index in [1.165, 1.54) is 29.2 Å². The number of aryl methyl sites for hydroxylation is 1. The molecule has 126 valence electrons. The van der Waals surface area contributed by atoms with Crippen LogP contribution in [0.1, 0.15) is 12.5 Å². The highest BCUT2D eigenvalue weighted by molar-refractivity contribution is 7.17. The fraction of sp³-hybridized carbons (Fsp3) is 0.222. The summed E-state index contributed by atoms with van der Waals surface area (Å²) in [5, 5.41) is 11.1. The first-order chi connectivity index (χ1) is 12.0. The second-order valence-electron chi connectivity index (χ2n) is 5.63. The second kappa shape index (κ2) is 6.87. The van der Waals surface area contributed by atoms with Crippen molar-refractivity contribution in [1.29, 1.82) is 5.26 Å². The number of nitriles is 1. The summed E-state index contributed by atoms with van der Waals surface area (Å²) in [4.78, 5) is 29.5. The maximum absolute atomic E-state index is 12.8. The number of aromatic nitrogens is 2. The Labute approximate surface area is 147 Å². The van der Waals surface area contributed by atoms with Crippen LogP contribution in [0, 0.1) is 18.3 Å². The van der Waals surface area contributed by atoms with Gasteiger partial charge in [-0.15, -0.1) is 11.3 Å². The van der Waals surface area contributed by atoms with Crippen LogP contribution in [-0.4, -0.2) is 21.6 Å². The van der Waals surface area contributed by atoms with Gasteiger partial charge in [-0.1, -0.05) is 29.8 Å². The van der Waals surface area contributed by atoms with Crippen molar-refractivity contribution in [2.45, 2.75) is 26.5 Å². The van der Waals surface area contributed by atoms with Crippen LogP contribution in [0.3, 0.4) is 0 Å². The fourth-order valence-electron chi connectivity index (χ4n) is 2.43. The Morgan fingerprint density at radius 3 is 2.80 bits per heavy atom. The fourth-order valence-corrected chi connectivity index (χ4v) is 3.33. The predicted molar refractivity (Wildman–Crippen MR) is 95.2 cm³/mol. The van der Waals surface area contributed by atoms with E-state index in [-0.39, 0.29) is 12.1 Å². The maximum atomic E-state index is 12.8. The molecular weight excluding hydrogens is 338 g/mol. The molecule has 3 rings (SSSR count). The summed E-state index contributed by atoms with van der Waals surface area (Å²) in [5.74, 6) is -0.649. The Bertz CT molecular complexity index is 1030. The van der Waals surface area contributed by atoms with Crippen LogP contribution in [0.15, 0.2) is 40.8 Å². The molecule has 0 N–H and O–H groups in total. The summed E-state index contributed by atoms with van der Waals surface area (Å²) in [6.07, 6.45) is 0.474. The van der Waals surface area contributed by atoms with E-state index >= 15 is 0 Å². The quantitative estimate of drug-likeness (QED) is 0.673. The number of fused-ring (bicyclic) bond motifs is 1. The molecule has 0 saturated heterocycles. The number of esters is 1. The van der Waals surface area contributed by atoms with Crippen molar-refractivity contribution < 1.29 is 9.53 Å². The third kappa shape index (κ3) is 3.44. The molecule has 0 bridgehead atoms. The van der Waals surface area contributed by atoms with Crippen LogP contribution >= 0.6 is 11.3 Å². The number of rotatable bonds is 4. The van der Waals surface area contributed by atoms with Crippen molar-refractivity contribution in [2.24, 2.45) is 0 Å². The first-order valence-electron chi connectivity index (χ1n) is 7.62. The van der Waals surface area contributed by atoms with Crippen LogP contribution in [0.5, 0.6) is 0 Å². The predicted octanol–water partition coefficient (Wildman–Crippen LogP) is 2.89. The van der Waals surface area contributed by atoms with Crippen LogP contribution < -0.4 is 5.56 Å². The van der Waals surface area contributed by atoms with E-state index in [4.69, 9.17) is 10.00 Å². The highest BCUT2D eigenvalue weighted by atomic mass is 32.1. The highest BCUT2D eigenvalue weighted by Crippen LogP contribution is 2.30. The molecular formula is C18H15N3O3S. The number of carbonyl (C=O) groups is 1. The van der Waals surface area contributed by atoms with E-state index in [9.17, 15) is 9.59 Å². The minimum Gasteiger partial charge on any atom is -0.446 e. The van der Waals surface area contributed by atoms with Gasteiger partial charge in [-0.3, -0.25) is 14.2 Å². The molecule has 7 heteroatoms. The minimum absolute atomic E-state index is 0.281. The van der Waals surface area contributed by atoms with E-state index < -0.39 is 12.1 Å². The van der Waals surface area contributed by atoms with Crippen LogP contribution in [-0.2, 0) is 16.1 Å². The lowest BCUT2D eigenvalue weighted by molar-refractivity contribution is -0.146. The lowest BCUT2D eigenvalue weighted by Crippen LogP contribution is -2.27. The maximum Gasteiger partial charge on any atom is 0.327 e. The molecule has 0 aliphatic rings. The molecule has 0 aliphatic carbocycles. The Kier molecular flexibility index (Phi) is 4.63. The van der Waals surface area contributed by atoms with Gasteiger partial charge in [-0.25, -0.2) is 4.98 Å². The monoisotopic (exact) mass is 353 g/mol. The summed E-state index contributed by atoms with van der Waals surface area (Å²) in [7, 11) is 0. The van der Waals surface area contributed by atoms with Crippen molar-refractivity contribution in [3.63, 3.8) is 0 Å². The van der Waals surface area contributed by atoms with Gasteiger partial charge in [-0.05, 0) is 19.4 Å². The number of ether oxygens (including phenoxy) is 1. The van der Waals surface area contributed by atoms with Crippen molar-refractivity contribution in [2.75, 3.05) is 0 Å². The molecule has 6 nitrogen and oxygen atoms in total. The third-order valence-corrected chi connectivity index (χ3v) is 4.60. The number of hydrogen-bond acceptors (Lipinski definition) is 6. The molecule has 25 heavy (non-hydrogen) atoms. The van der Waals surface area contributed by atoms with Gasteiger partial charge in [0.05, 0.1) is 11.7 Å². The molecule has 0 fully saturated rings. The summed E-state index contributed by atoms with van der Waals surface area (Å²) < 4.78 is 6.10. The van der Waals surface area contributed by atoms with Gasteiger partial charge in [0, 0.05) is 10.9 Å². The standard InChI is InChI=1S/C18H15N3O3S/c1-11-3-5-13(6-4-11)14-9-25-17-16(14)18(23)21(10-20-17)8-15(22)24-12(2)7-19/h3-6,9-10,12H,8H2,1-2H3/t12-/m0/s1. The lowest BCUT2D eigenvalue weighted by atomic mass is 10.1. The average Bonchev–Trinajstić information content (AvgIpc) is 3.02. The van der Waals surface area contributed by atoms with E-state index in [1.807, 2.05) is 42.6 Å². The molecule has 1 atom stereocenters. The molecule has 0 amide bonds. The van der Waals surface area contributed by atoms with Crippen molar-refractivity contribution in [1.82, 2.24) is 9.55 Å². The van der Waals surface area contributed by atoms with Crippen molar-refractivity contribution in [3.8, 4) is 17.2 Å². The molecule has 0 unspecified atom stereocenters. The Hall–Kier alpha value is -2.98. The Morgan fingerprint density at radius 2 is 2.12 bits per heavy atom. The molecule has 3 aromatic rings. The largest absolute Gasteiger partial charge is 0.446 e. The van der Waals surface area contributed by atoms with Crippen molar-refractivity contribution in [3.05, 3.63) is 51.9 Å². The molecule has 0 saturated carbocycles. The zero-order valence-corrected chi connectivity index (χ0v) is 14.5. The second-order valence-corrected chi connectivity index (χ2v) is 6.49. The number of nitrogens with zero attached hydrogens (tertiary/aromatic N) is 3. The third-order valence-electron chi connectivity index (χ3n) is 3.71. The zero-order chi connectivity index (χ0) is 18.0. The smallest absolute Gasteiger partial charge is 0.327 e. The SMILES string of the molecule is Cc1ccc(-c2csc3ncn(CC(=O)O[C@@H](C)C#N)c(=O)c23)cc1. The van der Waals surface area contributed by atoms with E-state index in [2.05, 4.69) is 4.98 Å². The van der Waals surface area contributed by atoms with Gasteiger partial charge in [0.2, 0.25) is 0 Å². The normalized spacial score (nSPS) is 11.9.